The smallest absolute Gasteiger partial charge is 0.118 e. The molecule has 1 fully saturated rings. The van der Waals surface area contributed by atoms with E-state index in [0.29, 0.717) is 12.6 Å². The maximum absolute atomic E-state index is 5.79. The van der Waals surface area contributed by atoms with Crippen LogP contribution in [0.4, 0.5) is 0 Å². The second-order valence-electron chi connectivity index (χ2n) is 4.99. The zero-order valence-electron chi connectivity index (χ0n) is 11.4. The Kier molecular flexibility index (Phi) is 4.80. The van der Waals surface area contributed by atoms with E-state index in [-0.39, 0.29) is 0 Å². The summed E-state index contributed by atoms with van der Waals surface area (Å²) >= 11 is 0. The van der Waals surface area contributed by atoms with Crippen LogP contribution in [0.1, 0.15) is 36.8 Å². The van der Waals surface area contributed by atoms with Gasteiger partial charge in [-0.25, -0.2) is 0 Å². The van der Waals surface area contributed by atoms with E-state index in [1.165, 1.54) is 5.56 Å². The van der Waals surface area contributed by atoms with Crippen molar-refractivity contribution in [3.05, 3.63) is 23.2 Å². The molecule has 2 N–H and O–H groups in total. The maximum atomic E-state index is 5.79. The second kappa shape index (κ2) is 6.36. The fraction of sp³-hybridized carbons (Fsp3) is 0.714. The summed E-state index contributed by atoms with van der Waals surface area (Å²) in [5.74, 6) is 1.87. The van der Waals surface area contributed by atoms with Crippen molar-refractivity contribution in [2.45, 2.75) is 45.9 Å². The Morgan fingerprint density at radius 3 is 3.00 bits per heavy atom. The number of ether oxygens (including phenoxy) is 1. The summed E-state index contributed by atoms with van der Waals surface area (Å²) in [6.45, 7) is 8.60. The molecule has 1 aromatic rings. The fourth-order valence-corrected chi connectivity index (χ4v) is 2.45. The molecular formula is C14H24N2O2. The topological polar surface area (TPSA) is 51.6 Å². The van der Waals surface area contributed by atoms with Crippen molar-refractivity contribution in [3.8, 4) is 0 Å². The van der Waals surface area contributed by atoms with Crippen LogP contribution in [0.25, 0.3) is 0 Å². The molecule has 0 spiro atoms. The highest BCUT2D eigenvalue weighted by atomic mass is 16.5. The average Bonchev–Trinajstić information content (AvgIpc) is 2.60. The average molecular weight is 252 g/mol. The van der Waals surface area contributed by atoms with E-state index in [2.05, 4.69) is 17.9 Å². The summed E-state index contributed by atoms with van der Waals surface area (Å²) in [6.07, 6.45) is 2.56. The molecule has 2 rings (SSSR count). The predicted octanol–water partition coefficient (Wildman–Crippen LogP) is 2.05. The molecule has 102 valence electrons. The molecule has 0 radical (unpaired) electrons. The Bertz CT molecular complexity index is 376. The summed E-state index contributed by atoms with van der Waals surface area (Å²) < 4.78 is 11.4. The Hall–Kier alpha value is -0.840. The van der Waals surface area contributed by atoms with Crippen LogP contribution in [-0.4, -0.2) is 30.7 Å². The molecule has 0 aliphatic carbocycles. The van der Waals surface area contributed by atoms with Crippen molar-refractivity contribution in [2.75, 3.05) is 19.7 Å². The van der Waals surface area contributed by atoms with Gasteiger partial charge in [-0.05, 0) is 25.8 Å². The standard InChI is InChI=1S/C14H24N2O2/c1-3-13-10-16(5-4-6-17-13)9-12-7-14(8-15)18-11(12)2/h7,13H,3-6,8-10,15H2,1-2H3. The minimum Gasteiger partial charge on any atom is -0.465 e. The van der Waals surface area contributed by atoms with Crippen molar-refractivity contribution < 1.29 is 9.15 Å². The SMILES string of the molecule is CCC1CN(Cc2cc(CN)oc2C)CCCO1. The van der Waals surface area contributed by atoms with Crippen molar-refractivity contribution >= 4 is 0 Å². The van der Waals surface area contributed by atoms with Crippen LogP contribution < -0.4 is 5.73 Å². The van der Waals surface area contributed by atoms with E-state index in [0.717, 1.165) is 50.6 Å². The number of furan rings is 1. The second-order valence-corrected chi connectivity index (χ2v) is 4.99. The molecule has 0 bridgehead atoms. The number of rotatable bonds is 4. The minimum absolute atomic E-state index is 0.369. The van der Waals surface area contributed by atoms with Crippen LogP contribution in [0.5, 0.6) is 0 Å². The first kappa shape index (κ1) is 13.6. The Morgan fingerprint density at radius 2 is 2.33 bits per heavy atom. The first-order valence-corrected chi connectivity index (χ1v) is 6.85. The molecule has 1 aliphatic rings. The van der Waals surface area contributed by atoms with Gasteiger partial charge in [0.15, 0.2) is 0 Å². The summed E-state index contributed by atoms with van der Waals surface area (Å²) in [5, 5.41) is 0. The quantitative estimate of drug-likeness (QED) is 0.891. The van der Waals surface area contributed by atoms with Crippen molar-refractivity contribution in [1.29, 1.82) is 0 Å². The largest absolute Gasteiger partial charge is 0.465 e. The molecule has 1 unspecified atom stereocenters. The van der Waals surface area contributed by atoms with Crippen molar-refractivity contribution in [1.82, 2.24) is 4.90 Å². The van der Waals surface area contributed by atoms with Gasteiger partial charge in [-0.3, -0.25) is 4.90 Å². The lowest BCUT2D eigenvalue weighted by atomic mass is 10.2. The summed E-state index contributed by atoms with van der Waals surface area (Å²) in [5.41, 5.74) is 6.86. The van der Waals surface area contributed by atoms with E-state index in [1.54, 1.807) is 0 Å². The van der Waals surface area contributed by atoms with Gasteiger partial charge in [0.1, 0.15) is 11.5 Å². The lowest BCUT2D eigenvalue weighted by molar-refractivity contribution is 0.0509. The Morgan fingerprint density at radius 1 is 1.50 bits per heavy atom. The zero-order chi connectivity index (χ0) is 13.0. The Labute approximate surface area is 109 Å². The molecule has 18 heavy (non-hydrogen) atoms. The number of aryl methyl sites for hydroxylation is 1. The molecule has 1 aliphatic heterocycles. The molecule has 2 heterocycles. The highest BCUT2D eigenvalue weighted by Gasteiger charge is 2.18. The van der Waals surface area contributed by atoms with Gasteiger partial charge in [-0.1, -0.05) is 6.92 Å². The van der Waals surface area contributed by atoms with E-state index in [4.69, 9.17) is 14.9 Å². The molecular weight excluding hydrogens is 228 g/mol. The predicted molar refractivity (Wildman–Crippen MR) is 71.3 cm³/mol. The zero-order valence-corrected chi connectivity index (χ0v) is 11.4. The number of hydrogen-bond donors (Lipinski definition) is 1. The Balaban J connectivity index is 2.00. The van der Waals surface area contributed by atoms with Gasteiger partial charge >= 0.3 is 0 Å². The van der Waals surface area contributed by atoms with Gasteiger partial charge in [0.25, 0.3) is 0 Å². The molecule has 1 aromatic heterocycles. The molecule has 4 heteroatoms. The first-order chi connectivity index (χ1) is 8.72. The van der Waals surface area contributed by atoms with Crippen LogP contribution in [0.2, 0.25) is 0 Å². The van der Waals surface area contributed by atoms with E-state index < -0.39 is 0 Å². The summed E-state index contributed by atoms with van der Waals surface area (Å²) in [4.78, 5) is 2.46. The fourth-order valence-electron chi connectivity index (χ4n) is 2.45. The number of nitrogens with two attached hydrogens (primary N) is 1. The van der Waals surface area contributed by atoms with Crippen LogP contribution in [0, 0.1) is 6.92 Å². The van der Waals surface area contributed by atoms with Gasteiger partial charge in [0.05, 0.1) is 12.6 Å². The third-order valence-corrected chi connectivity index (χ3v) is 3.56. The highest BCUT2D eigenvalue weighted by Crippen LogP contribution is 2.18. The molecule has 1 atom stereocenters. The van der Waals surface area contributed by atoms with E-state index >= 15 is 0 Å². The molecule has 0 amide bonds. The van der Waals surface area contributed by atoms with Gasteiger partial charge in [0.2, 0.25) is 0 Å². The van der Waals surface area contributed by atoms with E-state index in [1.807, 2.05) is 6.92 Å². The third kappa shape index (κ3) is 3.34. The first-order valence-electron chi connectivity index (χ1n) is 6.85. The lowest BCUT2D eigenvalue weighted by Crippen LogP contribution is -2.31. The number of nitrogens with zero attached hydrogens (tertiary/aromatic N) is 1. The third-order valence-electron chi connectivity index (χ3n) is 3.56. The van der Waals surface area contributed by atoms with E-state index in [9.17, 15) is 0 Å². The van der Waals surface area contributed by atoms with Gasteiger partial charge in [0, 0.05) is 31.8 Å². The van der Waals surface area contributed by atoms with Crippen LogP contribution in [0.15, 0.2) is 10.5 Å². The summed E-state index contributed by atoms with van der Waals surface area (Å²) in [7, 11) is 0. The maximum Gasteiger partial charge on any atom is 0.118 e. The highest BCUT2D eigenvalue weighted by molar-refractivity contribution is 5.20. The summed E-state index contributed by atoms with van der Waals surface area (Å²) in [6, 6.07) is 2.09. The monoisotopic (exact) mass is 252 g/mol. The molecule has 0 saturated carbocycles. The van der Waals surface area contributed by atoms with Crippen LogP contribution in [0.3, 0.4) is 0 Å². The van der Waals surface area contributed by atoms with Crippen molar-refractivity contribution in [3.63, 3.8) is 0 Å². The van der Waals surface area contributed by atoms with Crippen LogP contribution in [-0.2, 0) is 17.8 Å². The van der Waals surface area contributed by atoms with Gasteiger partial charge < -0.3 is 14.9 Å². The molecule has 0 aromatic carbocycles. The number of hydrogen-bond acceptors (Lipinski definition) is 4. The van der Waals surface area contributed by atoms with Gasteiger partial charge in [-0.15, -0.1) is 0 Å². The normalized spacial score (nSPS) is 22.1. The molecule has 1 saturated heterocycles. The molecule has 4 nitrogen and oxygen atoms in total. The lowest BCUT2D eigenvalue weighted by Gasteiger charge is -2.22. The van der Waals surface area contributed by atoms with Crippen LogP contribution >= 0.6 is 0 Å². The minimum atomic E-state index is 0.369. The van der Waals surface area contributed by atoms with Crippen molar-refractivity contribution in [2.24, 2.45) is 5.73 Å². The van der Waals surface area contributed by atoms with Gasteiger partial charge in [-0.2, -0.15) is 0 Å².